The van der Waals surface area contributed by atoms with E-state index >= 15 is 0 Å². The van der Waals surface area contributed by atoms with Gasteiger partial charge in [0, 0.05) is 25.0 Å². The lowest BCUT2D eigenvalue weighted by molar-refractivity contribution is 0.184. The van der Waals surface area contributed by atoms with E-state index < -0.39 is 6.10 Å². The summed E-state index contributed by atoms with van der Waals surface area (Å²) in [5.74, 6) is 0.555. The number of pyridine rings is 1. The third-order valence-corrected chi connectivity index (χ3v) is 4.19. The summed E-state index contributed by atoms with van der Waals surface area (Å²) in [4.78, 5) is 16.8. The Balaban J connectivity index is 1.97. The van der Waals surface area contributed by atoms with Gasteiger partial charge in [-0.25, -0.2) is 4.98 Å². The minimum absolute atomic E-state index is 0.0432. The minimum atomic E-state index is -0.671. The monoisotopic (exact) mass is 323 g/mol. The molecule has 0 amide bonds. The Labute approximate surface area is 140 Å². The highest BCUT2D eigenvalue weighted by atomic mass is 16.3. The first-order chi connectivity index (χ1) is 11.5. The fourth-order valence-electron chi connectivity index (χ4n) is 2.83. The van der Waals surface area contributed by atoms with Crippen molar-refractivity contribution in [2.75, 3.05) is 0 Å². The van der Waals surface area contributed by atoms with Gasteiger partial charge in [0.25, 0.3) is 5.56 Å². The van der Waals surface area contributed by atoms with Gasteiger partial charge in [0.2, 0.25) is 0 Å². The lowest BCUT2D eigenvalue weighted by atomic mass is 10.1. The first-order valence-corrected chi connectivity index (χ1v) is 7.92. The van der Waals surface area contributed by atoms with Gasteiger partial charge in [-0.1, -0.05) is 29.8 Å². The fourth-order valence-corrected chi connectivity index (χ4v) is 2.83. The van der Waals surface area contributed by atoms with Crippen LogP contribution >= 0.6 is 0 Å². The van der Waals surface area contributed by atoms with Crippen molar-refractivity contribution in [3.63, 3.8) is 0 Å². The number of hydrogen-bond acceptors (Lipinski definition) is 3. The highest BCUT2D eigenvalue weighted by Gasteiger charge is 2.12. The third-order valence-electron chi connectivity index (χ3n) is 4.19. The SMILES string of the molecule is Cc1ccc(-c2ccc(Cn3ccnc3C(C)O)c(=O)n2C)cc1. The zero-order valence-corrected chi connectivity index (χ0v) is 14.1. The van der Waals surface area contributed by atoms with E-state index in [9.17, 15) is 9.90 Å². The molecule has 3 aromatic rings. The van der Waals surface area contributed by atoms with Crippen LogP contribution < -0.4 is 5.56 Å². The molecule has 1 unspecified atom stereocenters. The summed E-state index contributed by atoms with van der Waals surface area (Å²) in [6.45, 7) is 4.09. The van der Waals surface area contributed by atoms with Crippen LogP contribution in [0.5, 0.6) is 0 Å². The van der Waals surface area contributed by atoms with Crippen molar-refractivity contribution in [3.05, 3.63) is 76.1 Å². The standard InChI is InChI=1S/C19H21N3O2/c1-13-4-6-15(7-5-13)17-9-8-16(19(24)21(17)3)12-22-11-10-20-18(22)14(2)23/h4-11,14,23H,12H2,1-3H3. The smallest absolute Gasteiger partial charge is 0.255 e. The van der Waals surface area contributed by atoms with E-state index in [0.717, 1.165) is 11.3 Å². The number of aliphatic hydroxyl groups excluding tert-OH is 1. The predicted octanol–water partition coefficient (Wildman–Crippen LogP) is 2.66. The second-order valence-corrected chi connectivity index (χ2v) is 6.06. The quantitative estimate of drug-likeness (QED) is 0.803. The largest absolute Gasteiger partial charge is 0.385 e. The molecule has 1 atom stereocenters. The molecule has 124 valence electrons. The molecule has 1 aromatic carbocycles. The Hall–Kier alpha value is -2.66. The average Bonchev–Trinajstić information content (AvgIpc) is 3.02. The summed E-state index contributed by atoms with van der Waals surface area (Å²) < 4.78 is 3.46. The molecule has 0 aliphatic heterocycles. The normalized spacial score (nSPS) is 12.3. The summed E-state index contributed by atoms with van der Waals surface area (Å²) in [6, 6.07) is 11.9. The molecule has 0 radical (unpaired) electrons. The van der Waals surface area contributed by atoms with Crippen molar-refractivity contribution < 1.29 is 5.11 Å². The van der Waals surface area contributed by atoms with Crippen LogP contribution in [0, 0.1) is 6.92 Å². The summed E-state index contributed by atoms with van der Waals surface area (Å²) >= 11 is 0. The molecule has 3 rings (SSSR count). The van der Waals surface area contributed by atoms with Crippen LogP contribution in [-0.4, -0.2) is 19.2 Å². The van der Waals surface area contributed by atoms with E-state index in [4.69, 9.17) is 0 Å². The lowest BCUT2D eigenvalue weighted by Crippen LogP contribution is -2.24. The molecule has 0 aliphatic carbocycles. The van der Waals surface area contributed by atoms with Crippen molar-refractivity contribution in [1.29, 1.82) is 0 Å². The number of benzene rings is 1. The van der Waals surface area contributed by atoms with Crippen LogP contribution in [0.2, 0.25) is 0 Å². The molecule has 0 fully saturated rings. The molecule has 0 saturated heterocycles. The maximum atomic E-state index is 12.7. The summed E-state index contributed by atoms with van der Waals surface area (Å²) in [7, 11) is 1.78. The van der Waals surface area contributed by atoms with Crippen LogP contribution in [-0.2, 0) is 13.6 Å². The summed E-state index contributed by atoms with van der Waals surface area (Å²) in [5, 5.41) is 9.74. The van der Waals surface area contributed by atoms with Gasteiger partial charge in [0.15, 0.2) is 0 Å². The number of rotatable bonds is 4. The third kappa shape index (κ3) is 3.03. The number of imidazole rings is 1. The zero-order chi connectivity index (χ0) is 17.3. The van der Waals surface area contributed by atoms with Crippen LogP contribution in [0.4, 0.5) is 0 Å². The lowest BCUT2D eigenvalue weighted by Gasteiger charge is -2.13. The topological polar surface area (TPSA) is 60.0 Å². The van der Waals surface area contributed by atoms with E-state index in [-0.39, 0.29) is 5.56 Å². The van der Waals surface area contributed by atoms with Gasteiger partial charge in [-0.3, -0.25) is 4.79 Å². The Morgan fingerprint density at radius 1 is 1.17 bits per heavy atom. The molecule has 2 aromatic heterocycles. The van der Waals surface area contributed by atoms with Crippen molar-refractivity contribution in [1.82, 2.24) is 14.1 Å². The van der Waals surface area contributed by atoms with Crippen molar-refractivity contribution in [2.24, 2.45) is 7.05 Å². The predicted molar refractivity (Wildman–Crippen MR) is 93.8 cm³/mol. The molecular weight excluding hydrogens is 302 g/mol. The van der Waals surface area contributed by atoms with E-state index in [0.29, 0.717) is 17.9 Å². The number of nitrogens with zero attached hydrogens (tertiary/aromatic N) is 3. The van der Waals surface area contributed by atoms with Crippen LogP contribution in [0.15, 0.2) is 53.6 Å². The molecule has 1 N–H and O–H groups in total. The second-order valence-electron chi connectivity index (χ2n) is 6.06. The van der Waals surface area contributed by atoms with Gasteiger partial charge in [0.05, 0.1) is 12.2 Å². The first-order valence-electron chi connectivity index (χ1n) is 7.92. The Morgan fingerprint density at radius 2 is 1.88 bits per heavy atom. The number of aryl methyl sites for hydroxylation is 1. The second kappa shape index (κ2) is 6.45. The molecule has 24 heavy (non-hydrogen) atoms. The highest BCUT2D eigenvalue weighted by molar-refractivity contribution is 5.60. The number of aromatic nitrogens is 3. The maximum Gasteiger partial charge on any atom is 0.255 e. The molecule has 0 bridgehead atoms. The van der Waals surface area contributed by atoms with E-state index in [1.807, 2.05) is 43.3 Å². The van der Waals surface area contributed by atoms with Crippen molar-refractivity contribution in [2.45, 2.75) is 26.5 Å². The summed E-state index contributed by atoms with van der Waals surface area (Å²) in [5.41, 5.74) is 3.70. The molecule has 0 aliphatic rings. The van der Waals surface area contributed by atoms with Crippen molar-refractivity contribution in [3.8, 4) is 11.3 Å². The molecule has 0 spiro atoms. The summed E-state index contributed by atoms with van der Waals surface area (Å²) in [6.07, 6.45) is 2.73. The fraction of sp³-hybridized carbons (Fsp3) is 0.263. The van der Waals surface area contributed by atoms with Gasteiger partial charge < -0.3 is 14.2 Å². The first kappa shape index (κ1) is 16.2. The van der Waals surface area contributed by atoms with E-state index in [2.05, 4.69) is 4.98 Å². The van der Waals surface area contributed by atoms with Gasteiger partial charge >= 0.3 is 0 Å². The zero-order valence-electron chi connectivity index (χ0n) is 14.1. The molecular formula is C19H21N3O2. The van der Waals surface area contributed by atoms with Gasteiger partial charge in [-0.05, 0) is 31.5 Å². The van der Waals surface area contributed by atoms with E-state index in [1.165, 1.54) is 5.56 Å². The van der Waals surface area contributed by atoms with Crippen LogP contribution in [0.3, 0.4) is 0 Å². The highest BCUT2D eigenvalue weighted by Crippen LogP contribution is 2.19. The molecule has 5 nitrogen and oxygen atoms in total. The molecule has 0 saturated carbocycles. The van der Waals surface area contributed by atoms with Gasteiger partial charge in [0.1, 0.15) is 11.9 Å². The van der Waals surface area contributed by atoms with Crippen LogP contribution in [0.1, 0.15) is 30.0 Å². The number of hydrogen-bond donors (Lipinski definition) is 1. The Bertz CT molecular complexity index is 905. The molecule has 5 heteroatoms. The minimum Gasteiger partial charge on any atom is -0.385 e. The Kier molecular flexibility index (Phi) is 4.36. The van der Waals surface area contributed by atoms with Gasteiger partial charge in [-0.15, -0.1) is 0 Å². The molecule has 2 heterocycles. The van der Waals surface area contributed by atoms with E-state index in [1.54, 1.807) is 35.5 Å². The maximum absolute atomic E-state index is 12.7. The van der Waals surface area contributed by atoms with Crippen LogP contribution in [0.25, 0.3) is 11.3 Å². The average molecular weight is 323 g/mol. The Morgan fingerprint density at radius 3 is 2.54 bits per heavy atom. The number of aliphatic hydroxyl groups is 1. The van der Waals surface area contributed by atoms with Crippen molar-refractivity contribution >= 4 is 0 Å². The van der Waals surface area contributed by atoms with Gasteiger partial charge in [-0.2, -0.15) is 0 Å².